The lowest BCUT2D eigenvalue weighted by molar-refractivity contribution is -0.384. The monoisotopic (exact) mass is 502 g/mol. The van der Waals surface area contributed by atoms with Crippen LogP contribution in [0.5, 0.6) is 0 Å². The Balaban J connectivity index is 1.52. The van der Waals surface area contributed by atoms with Crippen LogP contribution in [0.25, 0.3) is 16.4 Å². The van der Waals surface area contributed by atoms with Crippen LogP contribution < -0.4 is 10.9 Å². The molecule has 0 atom stereocenters. The summed E-state index contributed by atoms with van der Waals surface area (Å²) in [6.45, 7) is 0. The molecule has 0 aliphatic carbocycles. The van der Waals surface area contributed by atoms with Crippen LogP contribution in [0.15, 0.2) is 66.0 Å². The topological polar surface area (TPSA) is 132 Å². The maximum absolute atomic E-state index is 13.3. The standard InChI is InChI=1S/C21H13F3N6O4S/c22-21(23,24)17-10-16(12-4-2-1-3-5-12)29(28-17)20-25-15(11-35-20)19(32)27-26-18(31)13-6-8-14(9-7-13)30(33)34/h1-11H,(H,26,31)(H,27,32). The Morgan fingerprint density at radius 3 is 2.29 bits per heavy atom. The van der Waals surface area contributed by atoms with E-state index in [1.807, 2.05) is 0 Å². The summed E-state index contributed by atoms with van der Waals surface area (Å²) in [4.78, 5) is 38.7. The molecule has 0 radical (unpaired) electrons. The summed E-state index contributed by atoms with van der Waals surface area (Å²) in [5.74, 6) is -1.57. The smallest absolute Gasteiger partial charge is 0.267 e. The number of hydrogen-bond acceptors (Lipinski definition) is 7. The molecule has 0 bridgehead atoms. The number of nitrogens with zero attached hydrogens (tertiary/aromatic N) is 4. The molecular formula is C21H13F3N6O4S. The zero-order valence-electron chi connectivity index (χ0n) is 17.3. The number of halogens is 3. The summed E-state index contributed by atoms with van der Waals surface area (Å²) in [5.41, 5.74) is 3.44. The molecule has 14 heteroatoms. The maximum Gasteiger partial charge on any atom is 0.435 e. The van der Waals surface area contributed by atoms with Gasteiger partial charge in [-0.1, -0.05) is 30.3 Å². The minimum atomic E-state index is -4.69. The molecule has 2 N–H and O–H groups in total. The Hall–Kier alpha value is -4.59. The number of aromatic nitrogens is 3. The molecule has 0 spiro atoms. The highest BCUT2D eigenvalue weighted by molar-refractivity contribution is 7.12. The van der Waals surface area contributed by atoms with E-state index in [4.69, 9.17) is 0 Å². The summed E-state index contributed by atoms with van der Waals surface area (Å²) in [6, 6.07) is 13.8. The van der Waals surface area contributed by atoms with Crippen molar-refractivity contribution < 1.29 is 27.7 Å². The van der Waals surface area contributed by atoms with E-state index in [1.54, 1.807) is 30.3 Å². The third kappa shape index (κ3) is 5.16. The van der Waals surface area contributed by atoms with Gasteiger partial charge in [-0.15, -0.1) is 11.3 Å². The fourth-order valence-corrected chi connectivity index (χ4v) is 3.70. The van der Waals surface area contributed by atoms with Crippen molar-refractivity contribution in [3.63, 3.8) is 0 Å². The molecule has 0 aliphatic rings. The molecule has 2 amide bonds. The van der Waals surface area contributed by atoms with Crippen molar-refractivity contribution in [2.75, 3.05) is 0 Å². The van der Waals surface area contributed by atoms with Gasteiger partial charge in [0.15, 0.2) is 5.69 Å². The average molecular weight is 502 g/mol. The summed E-state index contributed by atoms with van der Waals surface area (Å²) < 4.78 is 40.9. The number of hydrazine groups is 1. The van der Waals surface area contributed by atoms with Gasteiger partial charge in [0.05, 0.1) is 10.6 Å². The predicted octanol–water partition coefficient (Wildman–Crippen LogP) is 4.00. The van der Waals surface area contributed by atoms with Gasteiger partial charge >= 0.3 is 6.18 Å². The highest BCUT2D eigenvalue weighted by Crippen LogP contribution is 2.33. The fourth-order valence-electron chi connectivity index (χ4n) is 2.93. The van der Waals surface area contributed by atoms with Gasteiger partial charge in [-0.3, -0.25) is 30.6 Å². The number of nitro groups is 1. The molecule has 0 fully saturated rings. The van der Waals surface area contributed by atoms with Gasteiger partial charge in [-0.25, -0.2) is 9.67 Å². The van der Waals surface area contributed by atoms with Gasteiger partial charge in [0.25, 0.3) is 17.5 Å². The first-order valence-electron chi connectivity index (χ1n) is 9.67. The number of carbonyl (C=O) groups excluding carboxylic acids is 2. The molecular weight excluding hydrogens is 489 g/mol. The number of rotatable bonds is 5. The van der Waals surface area contributed by atoms with Crippen molar-refractivity contribution in [2.45, 2.75) is 6.18 Å². The molecule has 0 saturated heterocycles. The van der Waals surface area contributed by atoms with E-state index in [9.17, 15) is 32.9 Å². The summed E-state index contributed by atoms with van der Waals surface area (Å²) in [7, 11) is 0. The first-order valence-corrected chi connectivity index (χ1v) is 10.5. The number of nitro benzene ring substituents is 1. The normalized spacial score (nSPS) is 11.2. The van der Waals surface area contributed by atoms with Crippen LogP contribution in [-0.2, 0) is 6.18 Å². The van der Waals surface area contributed by atoms with Crippen LogP contribution in [0, 0.1) is 10.1 Å². The van der Waals surface area contributed by atoms with Crippen molar-refractivity contribution in [2.24, 2.45) is 0 Å². The van der Waals surface area contributed by atoms with Crippen molar-refractivity contribution >= 4 is 28.8 Å². The van der Waals surface area contributed by atoms with Crippen LogP contribution in [0.4, 0.5) is 18.9 Å². The molecule has 10 nitrogen and oxygen atoms in total. The minimum Gasteiger partial charge on any atom is -0.267 e. The number of non-ortho nitro benzene ring substituents is 1. The Bertz CT molecular complexity index is 1400. The Morgan fingerprint density at radius 2 is 1.66 bits per heavy atom. The van der Waals surface area contributed by atoms with E-state index in [0.29, 0.717) is 5.56 Å². The first-order chi connectivity index (χ1) is 16.6. The van der Waals surface area contributed by atoms with Gasteiger partial charge in [0, 0.05) is 28.6 Å². The molecule has 2 aromatic heterocycles. The van der Waals surface area contributed by atoms with Crippen molar-refractivity contribution in [1.29, 1.82) is 0 Å². The van der Waals surface area contributed by atoms with Crippen LogP contribution in [-0.4, -0.2) is 31.5 Å². The van der Waals surface area contributed by atoms with Crippen LogP contribution in [0.2, 0.25) is 0 Å². The summed E-state index contributed by atoms with van der Waals surface area (Å²) in [5, 5.41) is 15.6. The van der Waals surface area contributed by atoms with Crippen molar-refractivity contribution in [3.8, 4) is 16.4 Å². The van der Waals surface area contributed by atoms with Gasteiger partial charge in [0.1, 0.15) is 5.69 Å². The van der Waals surface area contributed by atoms with E-state index in [1.165, 1.54) is 17.5 Å². The molecule has 35 heavy (non-hydrogen) atoms. The molecule has 2 aromatic carbocycles. The quantitative estimate of drug-likeness (QED) is 0.313. The number of benzene rings is 2. The number of hydrogen-bond donors (Lipinski definition) is 2. The van der Waals surface area contributed by atoms with Gasteiger partial charge in [0.2, 0.25) is 5.13 Å². The van der Waals surface area contributed by atoms with Gasteiger partial charge in [-0.05, 0) is 18.2 Å². The second-order valence-electron chi connectivity index (χ2n) is 6.92. The molecule has 2 heterocycles. The zero-order valence-corrected chi connectivity index (χ0v) is 18.1. The predicted molar refractivity (Wildman–Crippen MR) is 118 cm³/mol. The first kappa shape index (κ1) is 23.6. The molecule has 0 saturated carbocycles. The lowest BCUT2D eigenvalue weighted by Crippen LogP contribution is -2.41. The van der Waals surface area contributed by atoms with Crippen molar-refractivity contribution in [1.82, 2.24) is 25.6 Å². The summed E-state index contributed by atoms with van der Waals surface area (Å²) >= 11 is 0.883. The molecule has 4 aromatic rings. The number of thiazole rings is 1. The maximum atomic E-state index is 13.3. The lowest BCUT2D eigenvalue weighted by Gasteiger charge is -2.06. The zero-order chi connectivity index (χ0) is 25.2. The van der Waals surface area contributed by atoms with Crippen molar-refractivity contribution in [3.05, 3.63) is 93.1 Å². The molecule has 0 aliphatic heterocycles. The van der Waals surface area contributed by atoms with Crippen LogP contribution in [0.1, 0.15) is 26.5 Å². The number of carbonyl (C=O) groups is 2. The molecule has 4 rings (SSSR count). The van der Waals surface area contributed by atoms with E-state index in [-0.39, 0.29) is 27.8 Å². The van der Waals surface area contributed by atoms with E-state index < -0.39 is 28.6 Å². The highest BCUT2D eigenvalue weighted by atomic mass is 32.1. The Labute approximate surface area is 198 Å². The highest BCUT2D eigenvalue weighted by Gasteiger charge is 2.35. The molecule has 178 valence electrons. The third-order valence-corrected chi connectivity index (χ3v) is 5.42. The number of alkyl halides is 3. The van der Waals surface area contributed by atoms with E-state index in [2.05, 4.69) is 20.9 Å². The fraction of sp³-hybridized carbons (Fsp3) is 0.0476. The largest absolute Gasteiger partial charge is 0.435 e. The van der Waals surface area contributed by atoms with Gasteiger partial charge in [-0.2, -0.15) is 18.3 Å². The van der Waals surface area contributed by atoms with Crippen LogP contribution in [0.3, 0.4) is 0 Å². The summed E-state index contributed by atoms with van der Waals surface area (Å²) in [6.07, 6.45) is -4.69. The Morgan fingerprint density at radius 1 is 1.00 bits per heavy atom. The van der Waals surface area contributed by atoms with Crippen LogP contribution >= 0.6 is 11.3 Å². The number of nitrogens with one attached hydrogen (secondary N) is 2. The average Bonchev–Trinajstić information content (AvgIpc) is 3.50. The molecule has 0 unspecified atom stereocenters. The van der Waals surface area contributed by atoms with Gasteiger partial charge < -0.3 is 0 Å². The lowest BCUT2D eigenvalue weighted by atomic mass is 10.1. The second kappa shape index (κ2) is 9.34. The third-order valence-electron chi connectivity index (χ3n) is 4.61. The SMILES string of the molecule is O=C(NNC(=O)c1csc(-n2nc(C(F)(F)F)cc2-c2ccccc2)n1)c1ccc([N+](=O)[O-])cc1. The van der Waals surface area contributed by atoms with E-state index >= 15 is 0 Å². The Kier molecular flexibility index (Phi) is 6.29. The number of amides is 2. The minimum absolute atomic E-state index is 0.00574. The van der Waals surface area contributed by atoms with E-state index in [0.717, 1.165) is 34.2 Å². The second-order valence-corrected chi connectivity index (χ2v) is 7.75.